The third kappa shape index (κ3) is 4.19. The van der Waals surface area contributed by atoms with E-state index in [2.05, 4.69) is 21.2 Å². The lowest BCUT2D eigenvalue weighted by molar-refractivity contribution is 0.0696. The van der Waals surface area contributed by atoms with Crippen molar-refractivity contribution >= 4 is 27.6 Å². The van der Waals surface area contributed by atoms with Crippen molar-refractivity contribution in [1.82, 2.24) is 0 Å². The summed E-state index contributed by atoms with van der Waals surface area (Å²) in [4.78, 5) is 10.8. The molecule has 0 heterocycles. The van der Waals surface area contributed by atoms with E-state index < -0.39 is 5.97 Å². The molecule has 0 spiro atoms. The van der Waals surface area contributed by atoms with Crippen LogP contribution in [0.3, 0.4) is 0 Å². The first-order valence-corrected chi connectivity index (χ1v) is 7.01. The van der Waals surface area contributed by atoms with Crippen LogP contribution < -0.4 is 10.1 Å². The van der Waals surface area contributed by atoms with Crippen molar-refractivity contribution in [3.05, 3.63) is 58.3 Å². The largest absolute Gasteiger partial charge is 0.492 e. The summed E-state index contributed by atoms with van der Waals surface area (Å²) in [6.45, 7) is 0.667. The normalized spacial score (nSPS) is 10.2. The molecule has 0 amide bonds. The van der Waals surface area contributed by atoms with Crippen LogP contribution in [0.5, 0.6) is 5.75 Å². The van der Waals surface area contributed by atoms with Gasteiger partial charge >= 0.3 is 5.97 Å². The molecule has 0 radical (unpaired) electrons. The number of ether oxygens (including phenoxy) is 1. The van der Waals surface area contributed by atoms with E-state index in [-0.39, 0.29) is 18.0 Å². The average Bonchev–Trinajstić information content (AvgIpc) is 2.46. The highest BCUT2D eigenvalue weighted by atomic mass is 79.9. The number of carboxylic acids is 1. The number of hydrogen-bond acceptors (Lipinski definition) is 3. The molecule has 4 nitrogen and oxygen atoms in total. The molecule has 0 aromatic heterocycles. The third-order valence-corrected chi connectivity index (χ3v) is 3.38. The molecule has 2 N–H and O–H groups in total. The van der Waals surface area contributed by atoms with Crippen LogP contribution in [0.15, 0.2) is 46.9 Å². The summed E-state index contributed by atoms with van der Waals surface area (Å²) in [6, 6.07) is 10.9. The molecule has 0 unspecified atom stereocenters. The molecule has 0 aliphatic heterocycles. The molecule has 21 heavy (non-hydrogen) atoms. The summed E-state index contributed by atoms with van der Waals surface area (Å²) in [7, 11) is 0. The van der Waals surface area contributed by atoms with E-state index in [0.29, 0.717) is 22.5 Å². The summed E-state index contributed by atoms with van der Waals surface area (Å²) in [5.41, 5.74) is 0.540. The maximum Gasteiger partial charge on any atom is 0.335 e. The number of rotatable bonds is 6. The van der Waals surface area contributed by atoms with Gasteiger partial charge < -0.3 is 15.2 Å². The fourth-order valence-electron chi connectivity index (χ4n) is 1.73. The van der Waals surface area contributed by atoms with Gasteiger partial charge in [0.05, 0.1) is 11.3 Å². The molecule has 0 bridgehead atoms. The van der Waals surface area contributed by atoms with Gasteiger partial charge in [-0.1, -0.05) is 12.1 Å². The van der Waals surface area contributed by atoms with Crippen LogP contribution in [-0.2, 0) is 0 Å². The number of anilines is 1. The Bertz CT molecular complexity index is 628. The molecule has 0 saturated heterocycles. The molecule has 0 saturated carbocycles. The van der Waals surface area contributed by atoms with Crippen molar-refractivity contribution < 1.29 is 19.0 Å². The second-order valence-electron chi connectivity index (χ2n) is 4.20. The van der Waals surface area contributed by atoms with Crippen molar-refractivity contribution in [3.8, 4) is 5.75 Å². The maximum absolute atomic E-state index is 13.5. The van der Waals surface area contributed by atoms with Gasteiger partial charge in [-0.25, -0.2) is 9.18 Å². The van der Waals surface area contributed by atoms with Crippen molar-refractivity contribution in [2.75, 3.05) is 18.5 Å². The van der Waals surface area contributed by atoms with Crippen LogP contribution >= 0.6 is 15.9 Å². The third-order valence-electron chi connectivity index (χ3n) is 2.72. The number of hydrogen-bond donors (Lipinski definition) is 2. The van der Waals surface area contributed by atoms with Crippen LogP contribution in [-0.4, -0.2) is 24.2 Å². The van der Waals surface area contributed by atoms with Crippen LogP contribution in [0.1, 0.15) is 10.4 Å². The van der Waals surface area contributed by atoms with Gasteiger partial charge in [-0.2, -0.15) is 0 Å². The number of aromatic carboxylic acids is 1. The number of para-hydroxylation sites is 1. The second-order valence-corrected chi connectivity index (χ2v) is 5.06. The van der Waals surface area contributed by atoms with E-state index in [1.165, 1.54) is 18.2 Å². The zero-order valence-electron chi connectivity index (χ0n) is 11.0. The Morgan fingerprint density at radius 3 is 2.76 bits per heavy atom. The van der Waals surface area contributed by atoms with Crippen molar-refractivity contribution in [3.63, 3.8) is 0 Å². The standard InChI is InChI=1S/C15H13BrFNO3/c16-12-5-2-6-13(17)14(12)18-7-8-21-11-4-1-3-10(9-11)15(19)20/h1-6,9,18H,7-8H2,(H,19,20). The van der Waals surface area contributed by atoms with Crippen LogP contribution in [0, 0.1) is 5.82 Å². The van der Waals surface area contributed by atoms with Gasteiger partial charge in [0.15, 0.2) is 0 Å². The van der Waals surface area contributed by atoms with Gasteiger partial charge in [-0.05, 0) is 46.3 Å². The van der Waals surface area contributed by atoms with Gasteiger partial charge in [0.1, 0.15) is 18.2 Å². The van der Waals surface area contributed by atoms with Crippen LogP contribution in [0.4, 0.5) is 10.1 Å². The average molecular weight is 354 g/mol. The predicted octanol–water partition coefficient (Wildman–Crippen LogP) is 3.78. The molecular formula is C15H13BrFNO3. The lowest BCUT2D eigenvalue weighted by atomic mass is 10.2. The molecule has 6 heteroatoms. The number of nitrogens with one attached hydrogen (secondary N) is 1. The first-order chi connectivity index (χ1) is 10.1. The molecule has 0 atom stereocenters. The van der Waals surface area contributed by atoms with Crippen molar-refractivity contribution in [1.29, 1.82) is 0 Å². The number of carbonyl (C=O) groups is 1. The first-order valence-electron chi connectivity index (χ1n) is 6.22. The predicted molar refractivity (Wildman–Crippen MR) is 81.5 cm³/mol. The van der Waals surface area contributed by atoms with Crippen molar-refractivity contribution in [2.45, 2.75) is 0 Å². The highest BCUT2D eigenvalue weighted by Crippen LogP contribution is 2.24. The van der Waals surface area contributed by atoms with E-state index in [1.54, 1.807) is 24.3 Å². The minimum absolute atomic E-state index is 0.164. The summed E-state index contributed by atoms with van der Waals surface area (Å²) >= 11 is 3.26. The summed E-state index contributed by atoms with van der Waals surface area (Å²) < 4.78 is 19.6. The Hall–Kier alpha value is -2.08. The SMILES string of the molecule is O=C(O)c1cccc(OCCNc2c(F)cccc2Br)c1. The fourth-order valence-corrected chi connectivity index (χ4v) is 2.21. The second kappa shape index (κ2) is 7.08. The fraction of sp³-hybridized carbons (Fsp3) is 0.133. The molecule has 2 aromatic carbocycles. The molecule has 2 aromatic rings. The number of benzene rings is 2. The maximum atomic E-state index is 13.5. The summed E-state index contributed by atoms with van der Waals surface area (Å²) in [5.74, 6) is -0.893. The van der Waals surface area contributed by atoms with Crippen LogP contribution in [0.25, 0.3) is 0 Å². The quantitative estimate of drug-likeness (QED) is 0.776. The lowest BCUT2D eigenvalue weighted by Crippen LogP contribution is -2.13. The van der Waals surface area contributed by atoms with E-state index >= 15 is 0 Å². The molecule has 0 aliphatic rings. The zero-order chi connectivity index (χ0) is 15.2. The molecule has 0 aliphatic carbocycles. The molecule has 0 fully saturated rings. The molecule has 2 rings (SSSR count). The monoisotopic (exact) mass is 353 g/mol. The Labute approximate surface area is 129 Å². The Morgan fingerprint density at radius 2 is 2.05 bits per heavy atom. The van der Waals surface area contributed by atoms with Gasteiger partial charge in [-0.3, -0.25) is 0 Å². The number of halogens is 2. The van der Waals surface area contributed by atoms with Gasteiger partial charge in [0.25, 0.3) is 0 Å². The van der Waals surface area contributed by atoms with Gasteiger partial charge in [0.2, 0.25) is 0 Å². The lowest BCUT2D eigenvalue weighted by Gasteiger charge is -2.11. The van der Waals surface area contributed by atoms with E-state index in [0.717, 1.165) is 0 Å². The topological polar surface area (TPSA) is 58.6 Å². The van der Waals surface area contributed by atoms with Gasteiger partial charge in [-0.15, -0.1) is 0 Å². The minimum Gasteiger partial charge on any atom is -0.492 e. The Balaban J connectivity index is 1.88. The van der Waals surface area contributed by atoms with E-state index in [1.807, 2.05) is 0 Å². The number of carboxylic acid groups (broad SMARTS) is 1. The Morgan fingerprint density at radius 1 is 1.29 bits per heavy atom. The van der Waals surface area contributed by atoms with E-state index in [9.17, 15) is 9.18 Å². The highest BCUT2D eigenvalue weighted by molar-refractivity contribution is 9.10. The zero-order valence-corrected chi connectivity index (χ0v) is 12.6. The highest BCUT2D eigenvalue weighted by Gasteiger charge is 2.06. The molecule has 110 valence electrons. The summed E-state index contributed by atoms with van der Waals surface area (Å²) in [6.07, 6.45) is 0. The summed E-state index contributed by atoms with van der Waals surface area (Å²) in [5, 5.41) is 11.8. The minimum atomic E-state index is -1.01. The first kappa shape index (κ1) is 15.3. The van der Waals surface area contributed by atoms with Gasteiger partial charge in [0, 0.05) is 11.0 Å². The Kier molecular flexibility index (Phi) is 5.16. The molecular weight excluding hydrogens is 341 g/mol. The van der Waals surface area contributed by atoms with Crippen molar-refractivity contribution in [2.24, 2.45) is 0 Å². The van der Waals surface area contributed by atoms with Crippen LogP contribution in [0.2, 0.25) is 0 Å². The smallest absolute Gasteiger partial charge is 0.335 e. The van der Waals surface area contributed by atoms with E-state index in [4.69, 9.17) is 9.84 Å².